The number of anilines is 2. The minimum absolute atomic E-state index is 0. The van der Waals surface area contributed by atoms with Gasteiger partial charge in [0.2, 0.25) is 15.9 Å². The molecule has 1 aromatic carbocycles. The Labute approximate surface area is 131 Å². The number of nitrogens with one attached hydrogen (secondary N) is 3. The molecule has 6 nitrogen and oxygen atoms in total. The van der Waals surface area contributed by atoms with Crippen LogP contribution in [-0.2, 0) is 14.8 Å². The fourth-order valence-electron chi connectivity index (χ4n) is 2.20. The van der Waals surface area contributed by atoms with Gasteiger partial charge in [0, 0.05) is 17.8 Å². The third-order valence-corrected chi connectivity index (χ3v) is 3.71. The summed E-state index contributed by atoms with van der Waals surface area (Å²) in [5.41, 5.74) is 1.14. The second kappa shape index (κ2) is 7.63. The summed E-state index contributed by atoms with van der Waals surface area (Å²) < 4.78 is 24.5. The van der Waals surface area contributed by atoms with E-state index in [4.69, 9.17) is 0 Å². The molecule has 1 saturated heterocycles. The van der Waals surface area contributed by atoms with E-state index < -0.39 is 10.0 Å². The van der Waals surface area contributed by atoms with Crippen molar-refractivity contribution in [2.75, 3.05) is 29.4 Å². The van der Waals surface area contributed by atoms with Crippen LogP contribution in [0.2, 0.25) is 0 Å². The summed E-state index contributed by atoms with van der Waals surface area (Å²) in [6.45, 7) is 1.87. The number of halogens is 1. The summed E-state index contributed by atoms with van der Waals surface area (Å²) in [6.07, 6.45) is 2.64. The lowest BCUT2D eigenvalue weighted by Gasteiger charge is -2.10. The summed E-state index contributed by atoms with van der Waals surface area (Å²) in [5.74, 6) is 0.392. The molecule has 21 heavy (non-hydrogen) atoms. The molecule has 0 aromatic heterocycles. The van der Waals surface area contributed by atoms with Gasteiger partial charge in [-0.25, -0.2) is 8.42 Å². The lowest BCUT2D eigenvalue weighted by molar-refractivity contribution is -0.116. The molecule has 8 heteroatoms. The van der Waals surface area contributed by atoms with Crippen molar-refractivity contribution >= 4 is 39.7 Å². The van der Waals surface area contributed by atoms with Crippen molar-refractivity contribution < 1.29 is 13.2 Å². The molecule has 1 heterocycles. The molecule has 1 fully saturated rings. The van der Waals surface area contributed by atoms with Crippen molar-refractivity contribution in [2.45, 2.75) is 12.8 Å². The Hall–Kier alpha value is -1.31. The normalized spacial score (nSPS) is 17.9. The fourth-order valence-corrected chi connectivity index (χ4v) is 2.76. The highest BCUT2D eigenvalue weighted by Crippen LogP contribution is 2.17. The monoisotopic (exact) mass is 333 g/mol. The van der Waals surface area contributed by atoms with E-state index in [9.17, 15) is 13.2 Å². The first-order valence-electron chi connectivity index (χ1n) is 6.51. The van der Waals surface area contributed by atoms with Crippen LogP contribution in [0.3, 0.4) is 0 Å². The van der Waals surface area contributed by atoms with Gasteiger partial charge < -0.3 is 10.6 Å². The first kappa shape index (κ1) is 17.7. The zero-order valence-corrected chi connectivity index (χ0v) is 13.4. The molecule has 1 aliphatic rings. The smallest absolute Gasteiger partial charge is 0.229 e. The van der Waals surface area contributed by atoms with Crippen molar-refractivity contribution in [1.82, 2.24) is 5.32 Å². The maximum atomic E-state index is 11.8. The van der Waals surface area contributed by atoms with E-state index in [0.717, 1.165) is 25.8 Å². The van der Waals surface area contributed by atoms with E-state index in [1.807, 2.05) is 0 Å². The van der Waals surface area contributed by atoms with Gasteiger partial charge in [0.15, 0.2) is 0 Å². The van der Waals surface area contributed by atoms with Gasteiger partial charge in [0.05, 0.1) is 6.26 Å². The molecule has 3 N–H and O–H groups in total. The van der Waals surface area contributed by atoms with E-state index in [2.05, 4.69) is 15.4 Å². The van der Waals surface area contributed by atoms with E-state index in [0.29, 0.717) is 23.7 Å². The molecular formula is C13H20ClN3O3S. The van der Waals surface area contributed by atoms with Crippen LogP contribution >= 0.6 is 12.4 Å². The van der Waals surface area contributed by atoms with Gasteiger partial charge in [-0.15, -0.1) is 12.4 Å². The second-order valence-corrected chi connectivity index (χ2v) is 6.81. The Bertz CT molecular complexity index is 569. The van der Waals surface area contributed by atoms with E-state index in [1.54, 1.807) is 24.3 Å². The zero-order chi connectivity index (χ0) is 14.6. The average Bonchev–Trinajstić information content (AvgIpc) is 2.82. The van der Waals surface area contributed by atoms with E-state index in [-0.39, 0.29) is 18.3 Å². The third-order valence-electron chi connectivity index (χ3n) is 3.11. The van der Waals surface area contributed by atoms with Gasteiger partial charge in [-0.05, 0) is 49.7 Å². The van der Waals surface area contributed by atoms with Crippen molar-refractivity contribution in [2.24, 2.45) is 5.92 Å². The highest BCUT2D eigenvalue weighted by molar-refractivity contribution is 7.92. The Morgan fingerprint density at radius 1 is 1.29 bits per heavy atom. The number of amides is 1. The van der Waals surface area contributed by atoms with Crippen LogP contribution in [0, 0.1) is 5.92 Å². The minimum atomic E-state index is -3.27. The van der Waals surface area contributed by atoms with Gasteiger partial charge in [-0.1, -0.05) is 0 Å². The summed E-state index contributed by atoms with van der Waals surface area (Å²) in [4.78, 5) is 11.8. The van der Waals surface area contributed by atoms with Crippen molar-refractivity contribution in [3.63, 3.8) is 0 Å². The van der Waals surface area contributed by atoms with Crippen LogP contribution in [0.1, 0.15) is 12.8 Å². The molecule has 1 aromatic rings. The molecule has 0 radical (unpaired) electrons. The number of sulfonamides is 1. The molecule has 1 amide bonds. The predicted octanol–water partition coefficient (Wildman–Crippen LogP) is 1.42. The van der Waals surface area contributed by atoms with Gasteiger partial charge in [-0.2, -0.15) is 0 Å². The Morgan fingerprint density at radius 2 is 1.90 bits per heavy atom. The first-order valence-corrected chi connectivity index (χ1v) is 8.40. The zero-order valence-electron chi connectivity index (χ0n) is 11.8. The van der Waals surface area contributed by atoms with Crippen LogP contribution in [0.5, 0.6) is 0 Å². The third kappa shape index (κ3) is 6.33. The van der Waals surface area contributed by atoms with Crippen LogP contribution in [0.4, 0.5) is 11.4 Å². The Kier molecular flexibility index (Phi) is 6.44. The van der Waals surface area contributed by atoms with Crippen LogP contribution < -0.4 is 15.4 Å². The largest absolute Gasteiger partial charge is 0.326 e. The van der Waals surface area contributed by atoms with Crippen molar-refractivity contribution in [3.8, 4) is 0 Å². The van der Waals surface area contributed by atoms with Gasteiger partial charge >= 0.3 is 0 Å². The molecule has 1 unspecified atom stereocenters. The summed E-state index contributed by atoms with van der Waals surface area (Å²) in [5, 5.41) is 6.04. The Balaban J connectivity index is 0.00000220. The Morgan fingerprint density at radius 3 is 2.43 bits per heavy atom. The number of benzene rings is 1. The molecule has 0 aliphatic carbocycles. The lowest BCUT2D eigenvalue weighted by atomic mass is 10.0. The van der Waals surface area contributed by atoms with E-state index in [1.165, 1.54) is 0 Å². The number of hydrogen-bond donors (Lipinski definition) is 3. The second-order valence-electron chi connectivity index (χ2n) is 5.06. The molecule has 2 rings (SSSR count). The summed E-state index contributed by atoms with van der Waals surface area (Å²) in [7, 11) is -3.27. The SMILES string of the molecule is CS(=O)(=O)Nc1ccc(NC(=O)CC2CCNC2)cc1.Cl. The van der Waals surface area contributed by atoms with Crippen LogP contribution in [0.15, 0.2) is 24.3 Å². The predicted molar refractivity (Wildman–Crippen MR) is 86.4 cm³/mol. The van der Waals surface area contributed by atoms with Gasteiger partial charge in [0.25, 0.3) is 0 Å². The van der Waals surface area contributed by atoms with Crippen molar-refractivity contribution in [1.29, 1.82) is 0 Å². The lowest BCUT2D eigenvalue weighted by Crippen LogP contribution is -2.18. The average molecular weight is 334 g/mol. The number of rotatable bonds is 5. The van der Waals surface area contributed by atoms with Crippen molar-refractivity contribution in [3.05, 3.63) is 24.3 Å². The molecule has 0 spiro atoms. The standard InChI is InChI=1S/C13H19N3O3S.ClH/c1-20(18,19)16-12-4-2-11(3-5-12)15-13(17)8-10-6-7-14-9-10;/h2-5,10,14,16H,6-9H2,1H3,(H,15,17);1H. The molecule has 0 bridgehead atoms. The molecular weight excluding hydrogens is 314 g/mol. The highest BCUT2D eigenvalue weighted by atomic mass is 35.5. The topological polar surface area (TPSA) is 87.3 Å². The van der Waals surface area contributed by atoms with E-state index >= 15 is 0 Å². The fraction of sp³-hybridized carbons (Fsp3) is 0.462. The van der Waals surface area contributed by atoms with Crippen LogP contribution in [-0.4, -0.2) is 33.7 Å². The number of carbonyl (C=O) groups excluding carboxylic acids is 1. The molecule has 1 atom stereocenters. The first-order chi connectivity index (χ1) is 9.42. The minimum Gasteiger partial charge on any atom is -0.326 e. The highest BCUT2D eigenvalue weighted by Gasteiger charge is 2.17. The van der Waals surface area contributed by atoms with Gasteiger partial charge in [-0.3, -0.25) is 9.52 Å². The number of hydrogen-bond acceptors (Lipinski definition) is 4. The quantitative estimate of drug-likeness (QED) is 0.760. The summed E-state index contributed by atoms with van der Waals surface area (Å²) >= 11 is 0. The molecule has 118 valence electrons. The number of carbonyl (C=O) groups is 1. The molecule has 0 saturated carbocycles. The summed E-state index contributed by atoms with van der Waals surface area (Å²) in [6, 6.07) is 6.60. The van der Waals surface area contributed by atoms with Crippen LogP contribution in [0.25, 0.3) is 0 Å². The molecule has 1 aliphatic heterocycles. The maximum absolute atomic E-state index is 11.8. The maximum Gasteiger partial charge on any atom is 0.229 e. The van der Waals surface area contributed by atoms with Gasteiger partial charge in [0.1, 0.15) is 0 Å².